The van der Waals surface area contributed by atoms with E-state index in [1.165, 1.54) is 0 Å². The molecule has 1 aromatic heterocycles. The molecule has 0 aliphatic rings. The van der Waals surface area contributed by atoms with E-state index in [0.29, 0.717) is 24.3 Å². The number of nitrogen functional groups attached to an aromatic ring is 1. The second-order valence-electron chi connectivity index (χ2n) is 7.53. The zero-order valence-electron chi connectivity index (χ0n) is 17.5. The summed E-state index contributed by atoms with van der Waals surface area (Å²) in [5, 5.41) is 12.0. The summed E-state index contributed by atoms with van der Waals surface area (Å²) in [7, 11) is 0. The van der Waals surface area contributed by atoms with Gasteiger partial charge in [0.15, 0.2) is 0 Å². The molecule has 1 amide bonds. The lowest BCUT2D eigenvalue weighted by Gasteiger charge is -2.10. The van der Waals surface area contributed by atoms with Crippen LogP contribution in [0.5, 0.6) is 0 Å². The molecular formula is C25H24ClN5O. The van der Waals surface area contributed by atoms with Crippen LogP contribution in [0.2, 0.25) is 5.02 Å². The molecule has 0 saturated carbocycles. The van der Waals surface area contributed by atoms with Crippen LogP contribution in [-0.4, -0.2) is 20.9 Å². The van der Waals surface area contributed by atoms with E-state index in [9.17, 15) is 4.79 Å². The largest absolute Gasteiger partial charge is 0.397 e. The summed E-state index contributed by atoms with van der Waals surface area (Å²) in [6.07, 6.45) is 3.42. The number of nitrogens with zero attached hydrogens (tertiary/aromatic N) is 3. The van der Waals surface area contributed by atoms with Crippen molar-refractivity contribution in [3.63, 3.8) is 0 Å². The summed E-state index contributed by atoms with van der Waals surface area (Å²) >= 11 is 6.20. The SMILES string of the molecule is Nc1ccc(-c2ccccc2)cc1NC(=O)CCc1cn(CCc2ccccc2Cl)nn1. The maximum absolute atomic E-state index is 12.5. The number of rotatable bonds is 8. The minimum Gasteiger partial charge on any atom is -0.397 e. The van der Waals surface area contributed by atoms with Crippen molar-refractivity contribution in [2.45, 2.75) is 25.8 Å². The normalized spacial score (nSPS) is 10.8. The number of aromatic nitrogens is 3. The number of carbonyl (C=O) groups excluding carboxylic acids is 1. The molecule has 0 atom stereocenters. The Kier molecular flexibility index (Phi) is 6.82. The molecule has 0 aliphatic carbocycles. The number of amides is 1. The zero-order chi connectivity index (χ0) is 22.3. The van der Waals surface area contributed by atoms with Gasteiger partial charge in [0.25, 0.3) is 0 Å². The molecule has 0 radical (unpaired) electrons. The minimum atomic E-state index is -0.118. The highest BCUT2D eigenvalue weighted by Gasteiger charge is 2.10. The molecule has 0 saturated heterocycles. The number of carbonyl (C=O) groups is 1. The van der Waals surface area contributed by atoms with Crippen LogP contribution in [0.1, 0.15) is 17.7 Å². The van der Waals surface area contributed by atoms with E-state index >= 15 is 0 Å². The fourth-order valence-corrected chi connectivity index (χ4v) is 3.66. The monoisotopic (exact) mass is 445 g/mol. The van der Waals surface area contributed by atoms with Crippen molar-refractivity contribution in [3.8, 4) is 11.1 Å². The first kappa shape index (κ1) is 21.6. The van der Waals surface area contributed by atoms with Crippen molar-refractivity contribution in [1.82, 2.24) is 15.0 Å². The van der Waals surface area contributed by atoms with E-state index in [4.69, 9.17) is 17.3 Å². The molecule has 0 bridgehead atoms. The average Bonchev–Trinajstić information content (AvgIpc) is 3.27. The molecule has 0 aliphatic heterocycles. The second kappa shape index (κ2) is 10.1. The fraction of sp³-hybridized carbons (Fsp3) is 0.160. The van der Waals surface area contributed by atoms with Crippen molar-refractivity contribution in [3.05, 3.63) is 95.3 Å². The Morgan fingerprint density at radius 1 is 0.969 bits per heavy atom. The minimum absolute atomic E-state index is 0.118. The molecule has 4 aromatic rings. The van der Waals surface area contributed by atoms with Crippen LogP contribution in [0.25, 0.3) is 11.1 Å². The second-order valence-corrected chi connectivity index (χ2v) is 7.94. The molecule has 3 aromatic carbocycles. The van der Waals surface area contributed by atoms with Crippen LogP contribution in [0.3, 0.4) is 0 Å². The average molecular weight is 446 g/mol. The van der Waals surface area contributed by atoms with Gasteiger partial charge in [-0.2, -0.15) is 0 Å². The number of nitrogens with two attached hydrogens (primary N) is 1. The fourth-order valence-electron chi connectivity index (χ4n) is 3.43. The van der Waals surface area contributed by atoms with E-state index in [-0.39, 0.29) is 12.3 Å². The number of nitrogens with one attached hydrogen (secondary N) is 1. The van der Waals surface area contributed by atoms with E-state index in [0.717, 1.165) is 33.8 Å². The van der Waals surface area contributed by atoms with Gasteiger partial charge in [-0.1, -0.05) is 71.4 Å². The Morgan fingerprint density at radius 2 is 1.75 bits per heavy atom. The third-order valence-corrected chi connectivity index (χ3v) is 5.57. The molecule has 3 N–H and O–H groups in total. The molecule has 7 heteroatoms. The van der Waals surface area contributed by atoms with Crippen molar-refractivity contribution in [1.29, 1.82) is 0 Å². The topological polar surface area (TPSA) is 85.8 Å². The summed E-state index contributed by atoms with van der Waals surface area (Å²) in [5.41, 5.74) is 11.1. The van der Waals surface area contributed by atoms with Gasteiger partial charge >= 0.3 is 0 Å². The maximum atomic E-state index is 12.5. The number of aryl methyl sites for hydroxylation is 3. The van der Waals surface area contributed by atoms with Crippen LogP contribution < -0.4 is 11.1 Å². The Labute approximate surface area is 192 Å². The third-order valence-electron chi connectivity index (χ3n) is 5.20. The summed E-state index contributed by atoms with van der Waals surface area (Å²) in [5.74, 6) is -0.118. The van der Waals surface area contributed by atoms with Gasteiger partial charge in [0.1, 0.15) is 0 Å². The highest BCUT2D eigenvalue weighted by molar-refractivity contribution is 6.31. The number of hydrogen-bond donors (Lipinski definition) is 2. The quantitative estimate of drug-likeness (QED) is 0.374. The first-order valence-corrected chi connectivity index (χ1v) is 10.8. The van der Waals surface area contributed by atoms with Crippen LogP contribution in [0, 0.1) is 0 Å². The van der Waals surface area contributed by atoms with Gasteiger partial charge in [-0.25, -0.2) is 0 Å². The molecule has 162 valence electrons. The van der Waals surface area contributed by atoms with Gasteiger partial charge in [0, 0.05) is 30.6 Å². The highest BCUT2D eigenvalue weighted by atomic mass is 35.5. The van der Waals surface area contributed by atoms with Crippen LogP contribution in [0.4, 0.5) is 11.4 Å². The van der Waals surface area contributed by atoms with Crippen molar-refractivity contribution < 1.29 is 4.79 Å². The Bertz CT molecular complexity index is 1210. The first-order chi connectivity index (χ1) is 15.6. The van der Waals surface area contributed by atoms with Gasteiger partial charge in [-0.3, -0.25) is 9.48 Å². The number of hydrogen-bond acceptors (Lipinski definition) is 4. The maximum Gasteiger partial charge on any atom is 0.224 e. The van der Waals surface area contributed by atoms with Gasteiger partial charge < -0.3 is 11.1 Å². The molecule has 0 fully saturated rings. The van der Waals surface area contributed by atoms with E-state index in [2.05, 4.69) is 15.6 Å². The molecule has 0 spiro atoms. The van der Waals surface area contributed by atoms with E-state index in [1.54, 1.807) is 4.68 Å². The van der Waals surface area contributed by atoms with Crippen LogP contribution in [0.15, 0.2) is 79.0 Å². The molecule has 6 nitrogen and oxygen atoms in total. The smallest absolute Gasteiger partial charge is 0.224 e. The Balaban J connectivity index is 1.31. The number of halogens is 1. The molecule has 32 heavy (non-hydrogen) atoms. The zero-order valence-corrected chi connectivity index (χ0v) is 18.3. The van der Waals surface area contributed by atoms with Gasteiger partial charge in [0.2, 0.25) is 5.91 Å². The third kappa shape index (κ3) is 5.53. The summed E-state index contributed by atoms with van der Waals surface area (Å²) in [6.45, 7) is 0.672. The van der Waals surface area contributed by atoms with E-state index < -0.39 is 0 Å². The first-order valence-electron chi connectivity index (χ1n) is 10.5. The molecule has 0 unspecified atom stereocenters. The van der Waals surface area contributed by atoms with Gasteiger partial charge in [-0.15, -0.1) is 5.10 Å². The Hall–Kier alpha value is -3.64. The lowest BCUT2D eigenvalue weighted by molar-refractivity contribution is -0.116. The van der Waals surface area contributed by atoms with E-state index in [1.807, 2.05) is 79.0 Å². The molecular weight excluding hydrogens is 422 g/mol. The predicted molar refractivity (Wildman–Crippen MR) is 128 cm³/mol. The summed E-state index contributed by atoms with van der Waals surface area (Å²) in [6, 6.07) is 23.4. The van der Waals surface area contributed by atoms with Crippen LogP contribution >= 0.6 is 11.6 Å². The van der Waals surface area contributed by atoms with Crippen molar-refractivity contribution >= 4 is 28.9 Å². The lowest BCUT2D eigenvalue weighted by Crippen LogP contribution is -2.13. The molecule has 4 rings (SSSR count). The van der Waals surface area contributed by atoms with Crippen molar-refractivity contribution in [2.24, 2.45) is 0 Å². The van der Waals surface area contributed by atoms with Crippen molar-refractivity contribution in [2.75, 3.05) is 11.1 Å². The Morgan fingerprint density at radius 3 is 2.56 bits per heavy atom. The summed E-state index contributed by atoms with van der Waals surface area (Å²) in [4.78, 5) is 12.5. The predicted octanol–water partition coefficient (Wildman–Crippen LogP) is 4.99. The molecule has 1 heterocycles. The highest BCUT2D eigenvalue weighted by Crippen LogP contribution is 2.27. The number of anilines is 2. The number of benzene rings is 3. The standard InChI is InChI=1S/C25H24ClN5O/c26-22-9-5-4-8-19(22)14-15-31-17-21(29-30-31)11-13-25(32)28-24-16-20(10-12-23(24)27)18-6-2-1-3-7-18/h1-10,12,16-17H,11,13-15,27H2,(H,28,32). The van der Waals surface area contributed by atoms with Gasteiger partial charge in [0.05, 0.1) is 17.1 Å². The van der Waals surface area contributed by atoms with Gasteiger partial charge in [-0.05, 0) is 41.3 Å². The van der Waals surface area contributed by atoms with Crippen LogP contribution in [-0.2, 0) is 24.2 Å². The summed E-state index contributed by atoms with van der Waals surface area (Å²) < 4.78 is 1.78. The lowest BCUT2D eigenvalue weighted by atomic mass is 10.0.